The summed E-state index contributed by atoms with van der Waals surface area (Å²) in [5.41, 5.74) is 0.443. The van der Waals surface area contributed by atoms with Crippen LogP contribution in [-0.2, 0) is 9.31 Å². The second-order valence-corrected chi connectivity index (χ2v) is 8.02. The number of aromatic nitrogens is 1. The van der Waals surface area contributed by atoms with Gasteiger partial charge in [-0.05, 0) is 52.5 Å². The largest absolute Gasteiger partial charge is 0.497 e. The summed E-state index contributed by atoms with van der Waals surface area (Å²) in [6, 6.07) is 4.16. The van der Waals surface area contributed by atoms with E-state index in [4.69, 9.17) is 9.31 Å². The molecule has 0 bridgehead atoms. The van der Waals surface area contributed by atoms with E-state index in [-0.39, 0.29) is 0 Å². The minimum absolute atomic E-state index is 0.425. The Morgan fingerprint density at radius 3 is 2.54 bits per heavy atom. The van der Waals surface area contributed by atoms with Gasteiger partial charge in [-0.3, -0.25) is 0 Å². The number of nitrogens with zero attached hydrogens (tertiary/aromatic N) is 3. The predicted octanol–water partition coefficient (Wildman–Crippen LogP) is 2.49. The van der Waals surface area contributed by atoms with Gasteiger partial charge in [0.2, 0.25) is 0 Å². The zero-order valence-corrected chi connectivity index (χ0v) is 15.3. The van der Waals surface area contributed by atoms with Crippen molar-refractivity contribution in [3.8, 4) is 6.07 Å². The van der Waals surface area contributed by atoms with Crippen molar-refractivity contribution in [2.45, 2.75) is 58.7 Å². The van der Waals surface area contributed by atoms with Gasteiger partial charge in [0.05, 0.1) is 22.8 Å². The molecule has 128 valence electrons. The van der Waals surface area contributed by atoms with Crippen LogP contribution >= 0.6 is 0 Å². The molecule has 0 spiro atoms. The van der Waals surface area contributed by atoms with Crippen molar-refractivity contribution in [1.82, 2.24) is 4.98 Å². The lowest BCUT2D eigenvalue weighted by atomic mass is 9.77. The molecule has 6 heteroatoms. The summed E-state index contributed by atoms with van der Waals surface area (Å²) in [5.74, 6) is 1.53. The summed E-state index contributed by atoms with van der Waals surface area (Å²) < 4.78 is 12.1. The summed E-state index contributed by atoms with van der Waals surface area (Å²) in [6.45, 7) is 12.3. The Morgan fingerprint density at radius 2 is 1.96 bits per heavy atom. The van der Waals surface area contributed by atoms with Gasteiger partial charge in [-0.25, -0.2) is 4.98 Å². The monoisotopic (exact) mass is 327 g/mol. The predicted molar refractivity (Wildman–Crippen MR) is 95.3 cm³/mol. The average Bonchev–Trinajstić information content (AvgIpc) is 2.74. The molecule has 0 aromatic carbocycles. The topological polar surface area (TPSA) is 58.4 Å². The number of rotatable bonds is 2. The van der Waals surface area contributed by atoms with Crippen LogP contribution in [0.2, 0.25) is 0 Å². The highest BCUT2D eigenvalue weighted by Crippen LogP contribution is 2.36. The lowest BCUT2D eigenvalue weighted by molar-refractivity contribution is 0.00578. The normalized spacial score (nSPS) is 25.6. The Hall–Kier alpha value is -1.58. The Bertz CT molecular complexity index is 653. The molecule has 2 saturated heterocycles. The maximum atomic E-state index is 9.61. The lowest BCUT2D eigenvalue weighted by Crippen LogP contribution is -2.41. The smallest absolute Gasteiger partial charge is 0.399 e. The molecule has 3 rings (SSSR count). The third-order valence-corrected chi connectivity index (χ3v) is 5.53. The SMILES string of the molecule is C[C@H]1CCCN(c2cc(C#N)c(B3OC(C)(C)C(C)(C)O3)cn2)C1. The minimum atomic E-state index is -0.550. The molecule has 3 heterocycles. The van der Waals surface area contributed by atoms with Gasteiger partial charge in [0.25, 0.3) is 0 Å². The number of hydrogen-bond acceptors (Lipinski definition) is 5. The summed E-state index contributed by atoms with van der Waals surface area (Å²) in [5, 5.41) is 9.61. The summed E-state index contributed by atoms with van der Waals surface area (Å²) in [4.78, 5) is 6.87. The molecule has 0 radical (unpaired) electrons. The first-order valence-electron chi connectivity index (χ1n) is 8.74. The number of hydrogen-bond donors (Lipinski definition) is 0. The van der Waals surface area contributed by atoms with E-state index in [1.807, 2.05) is 33.8 Å². The van der Waals surface area contributed by atoms with Gasteiger partial charge in [-0.15, -0.1) is 0 Å². The number of piperidine rings is 1. The van der Waals surface area contributed by atoms with E-state index in [2.05, 4.69) is 22.9 Å². The van der Waals surface area contributed by atoms with E-state index in [9.17, 15) is 5.26 Å². The molecule has 2 aliphatic heterocycles. The molecule has 2 fully saturated rings. The fraction of sp³-hybridized carbons (Fsp3) is 0.667. The van der Waals surface area contributed by atoms with Crippen molar-refractivity contribution in [1.29, 1.82) is 5.26 Å². The Morgan fingerprint density at radius 1 is 1.29 bits per heavy atom. The van der Waals surface area contributed by atoms with Gasteiger partial charge in [-0.1, -0.05) is 6.92 Å². The molecule has 0 saturated carbocycles. The molecular formula is C18H26BN3O2. The zero-order chi connectivity index (χ0) is 17.5. The molecule has 0 unspecified atom stereocenters. The van der Waals surface area contributed by atoms with Gasteiger partial charge in [0.1, 0.15) is 5.82 Å². The van der Waals surface area contributed by atoms with Crippen LogP contribution in [0.3, 0.4) is 0 Å². The van der Waals surface area contributed by atoms with Crippen LogP contribution < -0.4 is 10.4 Å². The molecule has 5 nitrogen and oxygen atoms in total. The van der Waals surface area contributed by atoms with Crippen molar-refractivity contribution >= 4 is 18.4 Å². The van der Waals surface area contributed by atoms with Crippen LogP contribution in [0.4, 0.5) is 5.82 Å². The summed E-state index contributed by atoms with van der Waals surface area (Å²) in [7, 11) is -0.550. The third kappa shape index (κ3) is 3.03. The number of anilines is 1. The maximum Gasteiger partial charge on any atom is 0.497 e. The van der Waals surface area contributed by atoms with E-state index < -0.39 is 18.3 Å². The van der Waals surface area contributed by atoms with E-state index in [1.54, 1.807) is 6.20 Å². The van der Waals surface area contributed by atoms with Crippen molar-refractivity contribution in [2.24, 2.45) is 5.92 Å². The third-order valence-electron chi connectivity index (χ3n) is 5.53. The van der Waals surface area contributed by atoms with Gasteiger partial charge >= 0.3 is 7.12 Å². The highest BCUT2D eigenvalue weighted by Gasteiger charge is 2.52. The lowest BCUT2D eigenvalue weighted by Gasteiger charge is -2.32. The van der Waals surface area contributed by atoms with Crippen LogP contribution in [0, 0.1) is 17.2 Å². The Kier molecular flexibility index (Phi) is 4.35. The van der Waals surface area contributed by atoms with Gasteiger partial charge in [0, 0.05) is 24.7 Å². The molecule has 1 aromatic heterocycles. The minimum Gasteiger partial charge on any atom is -0.399 e. The fourth-order valence-electron chi connectivity index (χ4n) is 3.28. The van der Waals surface area contributed by atoms with E-state index in [0.717, 1.165) is 18.9 Å². The quantitative estimate of drug-likeness (QED) is 0.781. The first-order chi connectivity index (χ1) is 11.2. The standard InChI is InChI=1S/C18H26BN3O2/c1-13-7-6-8-22(12-13)16-9-14(10-20)15(11-21-16)19-23-17(2,3)18(4,5)24-19/h9,11,13H,6-8,12H2,1-5H3/t13-/m0/s1. The van der Waals surface area contributed by atoms with Crippen molar-refractivity contribution in [3.63, 3.8) is 0 Å². The van der Waals surface area contributed by atoms with Crippen molar-refractivity contribution < 1.29 is 9.31 Å². The first kappa shape index (κ1) is 17.3. The van der Waals surface area contributed by atoms with E-state index in [1.165, 1.54) is 12.8 Å². The second kappa shape index (κ2) is 6.05. The molecular weight excluding hydrogens is 301 g/mol. The zero-order valence-electron chi connectivity index (χ0n) is 15.3. The van der Waals surface area contributed by atoms with Crippen LogP contribution in [0.15, 0.2) is 12.3 Å². The van der Waals surface area contributed by atoms with Crippen molar-refractivity contribution in [3.05, 3.63) is 17.8 Å². The van der Waals surface area contributed by atoms with Gasteiger partial charge < -0.3 is 14.2 Å². The molecule has 2 aliphatic rings. The van der Waals surface area contributed by atoms with Crippen LogP contribution in [-0.4, -0.2) is 36.4 Å². The Labute approximate surface area is 145 Å². The molecule has 0 amide bonds. The van der Waals surface area contributed by atoms with E-state index >= 15 is 0 Å². The summed E-state index contributed by atoms with van der Waals surface area (Å²) >= 11 is 0. The highest BCUT2D eigenvalue weighted by atomic mass is 16.7. The highest BCUT2D eigenvalue weighted by molar-refractivity contribution is 6.62. The van der Waals surface area contributed by atoms with Crippen LogP contribution in [0.25, 0.3) is 0 Å². The molecule has 0 N–H and O–H groups in total. The molecule has 24 heavy (non-hydrogen) atoms. The fourth-order valence-corrected chi connectivity index (χ4v) is 3.28. The average molecular weight is 327 g/mol. The summed E-state index contributed by atoms with van der Waals surface area (Å²) in [6.07, 6.45) is 4.17. The second-order valence-electron chi connectivity index (χ2n) is 8.02. The van der Waals surface area contributed by atoms with Crippen LogP contribution in [0.1, 0.15) is 53.0 Å². The van der Waals surface area contributed by atoms with Gasteiger partial charge in [-0.2, -0.15) is 5.26 Å². The van der Waals surface area contributed by atoms with Crippen molar-refractivity contribution in [2.75, 3.05) is 18.0 Å². The van der Waals surface area contributed by atoms with Gasteiger partial charge in [0.15, 0.2) is 0 Å². The first-order valence-corrected chi connectivity index (χ1v) is 8.74. The molecule has 1 atom stereocenters. The number of nitriles is 1. The maximum absolute atomic E-state index is 9.61. The van der Waals surface area contributed by atoms with Crippen LogP contribution in [0.5, 0.6) is 0 Å². The number of pyridine rings is 1. The molecule has 1 aromatic rings. The Balaban J connectivity index is 1.87. The van der Waals surface area contributed by atoms with E-state index in [0.29, 0.717) is 16.9 Å². The molecule has 0 aliphatic carbocycles.